The smallest absolute Gasteiger partial charge is 0.339 e. The average molecular weight is 349 g/mol. The summed E-state index contributed by atoms with van der Waals surface area (Å²) in [5, 5.41) is 0.717. The lowest BCUT2D eigenvalue weighted by Crippen LogP contribution is -2.16. The molecule has 0 bridgehead atoms. The topological polar surface area (TPSA) is 65.5 Å². The number of benzene rings is 2. The number of para-hydroxylation sites is 1. The summed E-state index contributed by atoms with van der Waals surface area (Å²) in [5.41, 5.74) is 3.12. The number of methoxy groups -OCH3 is 1. The highest BCUT2D eigenvalue weighted by atomic mass is 16.5. The predicted octanol–water partition coefficient (Wildman–Crippen LogP) is 3.90. The molecule has 5 heteroatoms. The van der Waals surface area contributed by atoms with Crippen molar-refractivity contribution in [2.45, 2.75) is 13.8 Å². The van der Waals surface area contributed by atoms with Crippen molar-refractivity contribution < 1.29 is 19.1 Å². The molecule has 1 aromatic heterocycles. The molecule has 0 amide bonds. The first-order chi connectivity index (χ1) is 12.5. The zero-order valence-corrected chi connectivity index (χ0v) is 14.9. The van der Waals surface area contributed by atoms with E-state index >= 15 is 0 Å². The molecule has 0 saturated carbocycles. The van der Waals surface area contributed by atoms with Crippen molar-refractivity contribution in [2.24, 2.45) is 0 Å². The Morgan fingerprint density at radius 3 is 2.58 bits per heavy atom. The first-order valence-corrected chi connectivity index (χ1v) is 8.21. The third-order valence-electron chi connectivity index (χ3n) is 4.31. The molecular weight excluding hydrogens is 330 g/mol. The van der Waals surface area contributed by atoms with E-state index in [4.69, 9.17) is 9.47 Å². The predicted molar refractivity (Wildman–Crippen MR) is 98.8 cm³/mol. The Balaban J connectivity index is 1.83. The van der Waals surface area contributed by atoms with Crippen LogP contribution < -0.4 is 4.74 Å². The maximum absolute atomic E-state index is 12.7. The van der Waals surface area contributed by atoms with E-state index in [1.165, 1.54) is 7.11 Å². The lowest BCUT2D eigenvalue weighted by molar-refractivity contribution is 0.0476. The number of fused-ring (bicyclic) bond motifs is 1. The third kappa shape index (κ3) is 3.42. The molecule has 0 saturated heterocycles. The van der Waals surface area contributed by atoms with Crippen molar-refractivity contribution in [1.29, 1.82) is 0 Å². The highest BCUT2D eigenvalue weighted by Crippen LogP contribution is 2.23. The summed E-state index contributed by atoms with van der Waals surface area (Å²) in [6.07, 6.45) is 0. The molecular formula is C21H19NO4. The van der Waals surface area contributed by atoms with Crippen LogP contribution >= 0.6 is 0 Å². The Morgan fingerprint density at radius 2 is 1.81 bits per heavy atom. The van der Waals surface area contributed by atoms with Crippen molar-refractivity contribution in [1.82, 2.24) is 4.98 Å². The molecule has 0 aliphatic rings. The van der Waals surface area contributed by atoms with Gasteiger partial charge in [-0.1, -0.05) is 30.3 Å². The van der Waals surface area contributed by atoms with Crippen LogP contribution in [0.25, 0.3) is 10.9 Å². The quantitative estimate of drug-likeness (QED) is 0.516. The zero-order valence-electron chi connectivity index (χ0n) is 14.9. The van der Waals surface area contributed by atoms with Crippen LogP contribution in [-0.4, -0.2) is 30.5 Å². The maximum atomic E-state index is 12.7. The minimum Gasteiger partial charge on any atom is -0.497 e. The van der Waals surface area contributed by atoms with Crippen LogP contribution in [0.1, 0.15) is 32.0 Å². The minimum atomic E-state index is -0.527. The number of esters is 1. The number of nitrogens with zero attached hydrogens (tertiary/aromatic N) is 1. The summed E-state index contributed by atoms with van der Waals surface area (Å²) in [4.78, 5) is 29.5. The molecule has 132 valence electrons. The van der Waals surface area contributed by atoms with E-state index < -0.39 is 5.97 Å². The molecule has 3 rings (SSSR count). The van der Waals surface area contributed by atoms with Gasteiger partial charge in [0.2, 0.25) is 0 Å². The highest BCUT2D eigenvalue weighted by Gasteiger charge is 2.19. The standard InChI is InChI=1S/C21H19NO4/c1-13-14(2)22-18-10-5-4-9-17(18)20(13)21(24)26-12-19(23)15-7-6-8-16(11-15)25-3/h4-11H,12H2,1-3H3. The molecule has 0 fully saturated rings. The molecule has 0 atom stereocenters. The molecule has 0 spiro atoms. The Morgan fingerprint density at radius 1 is 1.04 bits per heavy atom. The van der Waals surface area contributed by atoms with Crippen molar-refractivity contribution in [3.05, 3.63) is 70.9 Å². The number of carbonyl (C=O) groups is 2. The number of aryl methyl sites for hydroxylation is 1. The molecule has 0 N–H and O–H groups in total. The van der Waals surface area contributed by atoms with Crippen LogP contribution in [0.5, 0.6) is 5.75 Å². The van der Waals surface area contributed by atoms with Crippen molar-refractivity contribution >= 4 is 22.7 Å². The van der Waals surface area contributed by atoms with Gasteiger partial charge in [0.25, 0.3) is 0 Å². The number of rotatable bonds is 5. The third-order valence-corrected chi connectivity index (χ3v) is 4.31. The van der Waals surface area contributed by atoms with Gasteiger partial charge in [-0.3, -0.25) is 9.78 Å². The molecule has 3 aromatic rings. The normalized spacial score (nSPS) is 10.6. The Bertz CT molecular complexity index is 994. The van der Waals surface area contributed by atoms with Gasteiger partial charge in [-0.2, -0.15) is 0 Å². The second-order valence-corrected chi connectivity index (χ2v) is 5.95. The summed E-state index contributed by atoms with van der Waals surface area (Å²) in [6, 6.07) is 14.1. The van der Waals surface area contributed by atoms with Gasteiger partial charge in [0.1, 0.15) is 5.75 Å². The van der Waals surface area contributed by atoms with Crippen LogP contribution in [0.4, 0.5) is 0 Å². The van der Waals surface area contributed by atoms with Crippen LogP contribution in [0.15, 0.2) is 48.5 Å². The number of Topliss-reactive ketones (excluding diaryl/α,β-unsaturated/α-hetero) is 1. The molecule has 0 radical (unpaired) electrons. The first kappa shape index (κ1) is 17.6. The SMILES string of the molecule is COc1cccc(C(=O)COC(=O)c2c(C)c(C)nc3ccccc23)c1. The van der Waals surface area contributed by atoms with Gasteiger partial charge < -0.3 is 9.47 Å². The van der Waals surface area contributed by atoms with Crippen molar-refractivity contribution in [3.63, 3.8) is 0 Å². The second-order valence-electron chi connectivity index (χ2n) is 5.95. The van der Waals surface area contributed by atoms with E-state index in [9.17, 15) is 9.59 Å². The average Bonchev–Trinajstić information content (AvgIpc) is 2.67. The minimum absolute atomic E-state index is 0.287. The van der Waals surface area contributed by atoms with E-state index in [1.54, 1.807) is 24.3 Å². The van der Waals surface area contributed by atoms with Gasteiger partial charge in [0.15, 0.2) is 12.4 Å². The zero-order chi connectivity index (χ0) is 18.7. The van der Waals surface area contributed by atoms with Crippen LogP contribution in [0.2, 0.25) is 0 Å². The van der Waals surface area contributed by atoms with E-state index in [-0.39, 0.29) is 12.4 Å². The fourth-order valence-electron chi connectivity index (χ4n) is 2.78. The van der Waals surface area contributed by atoms with Crippen LogP contribution in [0, 0.1) is 13.8 Å². The lowest BCUT2D eigenvalue weighted by Gasteiger charge is -2.12. The van der Waals surface area contributed by atoms with Gasteiger partial charge >= 0.3 is 5.97 Å². The van der Waals surface area contributed by atoms with Crippen molar-refractivity contribution in [2.75, 3.05) is 13.7 Å². The molecule has 0 aliphatic heterocycles. The largest absolute Gasteiger partial charge is 0.497 e. The second kappa shape index (κ2) is 7.35. The number of ether oxygens (including phenoxy) is 2. The summed E-state index contributed by atoms with van der Waals surface area (Å²) in [6.45, 7) is 3.34. The van der Waals surface area contributed by atoms with E-state index in [0.717, 1.165) is 22.2 Å². The molecule has 0 aliphatic carbocycles. The molecule has 5 nitrogen and oxygen atoms in total. The van der Waals surface area contributed by atoms with Crippen LogP contribution in [-0.2, 0) is 4.74 Å². The number of aromatic nitrogens is 1. The van der Waals surface area contributed by atoms with Crippen molar-refractivity contribution in [3.8, 4) is 5.75 Å². The lowest BCUT2D eigenvalue weighted by atomic mass is 10.0. The number of pyridine rings is 1. The summed E-state index contributed by atoms with van der Waals surface area (Å²) < 4.78 is 10.4. The Hall–Kier alpha value is -3.21. The Kier molecular flexibility index (Phi) is 4.98. The fourth-order valence-corrected chi connectivity index (χ4v) is 2.78. The van der Waals surface area contributed by atoms with Gasteiger partial charge in [-0.05, 0) is 37.6 Å². The maximum Gasteiger partial charge on any atom is 0.339 e. The van der Waals surface area contributed by atoms with Gasteiger partial charge in [-0.25, -0.2) is 4.79 Å². The van der Waals surface area contributed by atoms with Crippen LogP contribution in [0.3, 0.4) is 0 Å². The van der Waals surface area contributed by atoms with E-state index in [0.29, 0.717) is 16.9 Å². The summed E-state index contributed by atoms with van der Waals surface area (Å²) in [7, 11) is 1.53. The highest BCUT2D eigenvalue weighted by molar-refractivity contribution is 6.06. The number of hydrogen-bond donors (Lipinski definition) is 0. The summed E-state index contributed by atoms with van der Waals surface area (Å²) in [5.74, 6) is -0.237. The number of hydrogen-bond acceptors (Lipinski definition) is 5. The fraction of sp³-hybridized carbons (Fsp3) is 0.190. The molecule has 2 aromatic carbocycles. The first-order valence-electron chi connectivity index (χ1n) is 8.21. The van der Waals surface area contributed by atoms with Gasteiger partial charge in [0.05, 0.1) is 18.2 Å². The molecule has 0 unspecified atom stereocenters. The monoisotopic (exact) mass is 349 g/mol. The van der Waals surface area contributed by atoms with Gasteiger partial charge in [-0.15, -0.1) is 0 Å². The Labute approximate surface area is 151 Å². The summed E-state index contributed by atoms with van der Waals surface area (Å²) >= 11 is 0. The number of carbonyl (C=O) groups excluding carboxylic acids is 2. The van der Waals surface area contributed by atoms with Gasteiger partial charge in [0, 0.05) is 16.6 Å². The number of ketones is 1. The van der Waals surface area contributed by atoms with E-state index in [1.807, 2.05) is 38.1 Å². The van der Waals surface area contributed by atoms with E-state index in [2.05, 4.69) is 4.98 Å². The molecule has 1 heterocycles. The molecule has 26 heavy (non-hydrogen) atoms.